The quantitative estimate of drug-likeness (QED) is 0.820. The molecule has 0 aromatic rings. The molecule has 0 saturated carbocycles. The summed E-state index contributed by atoms with van der Waals surface area (Å²) in [6.07, 6.45) is 16.0. The summed E-state index contributed by atoms with van der Waals surface area (Å²) in [6.45, 7) is 0. The minimum absolute atomic E-state index is 0.312. The first kappa shape index (κ1) is 11.2. The van der Waals surface area contributed by atoms with Gasteiger partial charge in [-0.25, -0.2) is 0 Å². The maximum absolute atomic E-state index is 6.47. The van der Waals surface area contributed by atoms with Crippen molar-refractivity contribution in [3.8, 4) is 0 Å². The van der Waals surface area contributed by atoms with Gasteiger partial charge in [0.1, 0.15) is 0 Å². The Bertz CT molecular complexity index is 249. The fourth-order valence-corrected chi connectivity index (χ4v) is 4.26. The molecule has 0 bridgehead atoms. The van der Waals surface area contributed by atoms with Crippen LogP contribution in [0.3, 0.4) is 0 Å². The number of hydrogen-bond donors (Lipinski definition) is 1. The zero-order valence-corrected chi connectivity index (χ0v) is 10.4. The molecule has 1 N–H and O–H groups in total. The van der Waals surface area contributed by atoms with E-state index in [1.165, 1.54) is 12.8 Å². The van der Waals surface area contributed by atoms with E-state index < -0.39 is 0 Å². The first-order chi connectivity index (χ1) is 6.45. The molecule has 0 fully saturated rings. The summed E-state index contributed by atoms with van der Waals surface area (Å²) in [7, 11) is 0. The molecule has 13 heavy (non-hydrogen) atoms. The predicted octanol–water partition coefficient (Wildman–Crippen LogP) is 2.89. The molecule has 0 aromatic carbocycles. The Morgan fingerprint density at radius 2 is 1.46 bits per heavy atom. The van der Waals surface area contributed by atoms with E-state index in [1.54, 1.807) is 6.56 Å². The summed E-state index contributed by atoms with van der Waals surface area (Å²) in [5.74, 6) is 0. The Balaban J connectivity index is 0.000000396. The molecule has 0 amide bonds. The minimum atomic E-state index is -0.312. The third-order valence-electron chi connectivity index (χ3n) is 1.86. The van der Waals surface area contributed by atoms with Crippen molar-refractivity contribution >= 4 is 11.9 Å². The standard InChI is InChI=1S/2C5H5.ClHO.Zr/c2*1-2-4-5-3-1;1-2;/h2*1-3H,4H2;2H;. The van der Waals surface area contributed by atoms with Crippen LogP contribution in [0, 0.1) is 0 Å². The fourth-order valence-electron chi connectivity index (χ4n) is 1.29. The third-order valence-corrected chi connectivity index (χ3v) is 5.27. The average Bonchev–Trinajstić information content (AvgIpc) is 2.81. The van der Waals surface area contributed by atoms with E-state index in [4.69, 9.17) is 4.66 Å². The van der Waals surface area contributed by atoms with Crippen LogP contribution in [0.5, 0.6) is 0 Å². The van der Waals surface area contributed by atoms with Gasteiger partial charge in [0, 0.05) is 0 Å². The molecule has 0 aromatic heterocycles. The van der Waals surface area contributed by atoms with Gasteiger partial charge in [-0.3, -0.25) is 4.66 Å². The summed E-state index contributed by atoms with van der Waals surface area (Å²) in [4.78, 5) is 0. The van der Waals surface area contributed by atoms with Crippen LogP contribution in [0.4, 0.5) is 0 Å². The molecule has 0 spiro atoms. The van der Waals surface area contributed by atoms with Crippen LogP contribution in [-0.4, -0.2) is 4.66 Å². The van der Waals surface area contributed by atoms with E-state index in [0.717, 1.165) is 0 Å². The Kier molecular flexibility index (Phi) is 5.61. The Labute approximate surface area is 95.2 Å². The second-order valence-corrected chi connectivity index (χ2v) is 6.55. The van der Waals surface area contributed by atoms with Gasteiger partial charge in [0.05, 0.1) is 11.9 Å². The normalized spacial score (nSPS) is 17.7. The van der Waals surface area contributed by atoms with Gasteiger partial charge in [-0.1, -0.05) is 0 Å². The molecule has 0 radical (unpaired) electrons. The van der Waals surface area contributed by atoms with E-state index >= 15 is 0 Å². The first-order valence-electron chi connectivity index (χ1n) is 4.10. The zero-order valence-electron chi connectivity index (χ0n) is 7.20. The van der Waals surface area contributed by atoms with Crippen LogP contribution in [0.2, 0.25) is 0 Å². The van der Waals surface area contributed by atoms with Crippen LogP contribution in [0.25, 0.3) is 0 Å². The molecule has 0 atom stereocenters. The minimum Gasteiger partial charge on any atom is -0.295 e. The van der Waals surface area contributed by atoms with Gasteiger partial charge in [-0.2, -0.15) is 0 Å². The van der Waals surface area contributed by atoms with Crippen LogP contribution in [0.15, 0.2) is 43.0 Å². The Hall–Kier alpha value is 0.0931. The number of rotatable bonds is 2. The van der Waals surface area contributed by atoms with Crippen molar-refractivity contribution < 1.29 is 27.9 Å². The molecule has 0 heterocycles. The van der Waals surface area contributed by atoms with Crippen molar-refractivity contribution in [3.05, 3.63) is 43.0 Å². The smallest absolute Gasteiger partial charge is 0.0579 e. The summed E-state index contributed by atoms with van der Waals surface area (Å²) in [6, 6.07) is 0. The molecule has 2 rings (SSSR count). The summed E-state index contributed by atoms with van der Waals surface area (Å²) < 4.78 is 9.92. The van der Waals surface area contributed by atoms with Gasteiger partial charge in [0.15, 0.2) is 0 Å². The van der Waals surface area contributed by atoms with Crippen LogP contribution in [0.1, 0.15) is 12.8 Å². The van der Waals surface area contributed by atoms with Crippen LogP contribution in [-0.2, 0) is 23.2 Å². The van der Waals surface area contributed by atoms with E-state index in [-0.39, 0.29) is 23.2 Å². The molecular formula is C10H11ClOZr. The monoisotopic (exact) mass is 272 g/mol. The SMILES string of the molecule is C1=CC[C]([Zr][C]2=CC=CC2)=C1.OCl. The van der Waals surface area contributed by atoms with Crippen molar-refractivity contribution in [2.75, 3.05) is 0 Å². The molecule has 3 heteroatoms. The van der Waals surface area contributed by atoms with Crippen molar-refractivity contribution in [1.29, 1.82) is 0 Å². The van der Waals surface area contributed by atoms with Gasteiger partial charge in [0.2, 0.25) is 0 Å². The average molecular weight is 274 g/mol. The molecule has 0 unspecified atom stereocenters. The van der Waals surface area contributed by atoms with Crippen molar-refractivity contribution in [2.45, 2.75) is 12.8 Å². The van der Waals surface area contributed by atoms with E-state index in [2.05, 4.69) is 48.3 Å². The van der Waals surface area contributed by atoms with Gasteiger partial charge < -0.3 is 0 Å². The fraction of sp³-hybridized carbons (Fsp3) is 0.200. The summed E-state index contributed by atoms with van der Waals surface area (Å²) in [5.41, 5.74) is 0. The summed E-state index contributed by atoms with van der Waals surface area (Å²) in [5, 5.41) is 0. The molecule has 0 aliphatic heterocycles. The Morgan fingerprint density at radius 1 is 1.00 bits per heavy atom. The second kappa shape index (κ2) is 6.53. The first-order valence-corrected chi connectivity index (χ1v) is 6.90. The van der Waals surface area contributed by atoms with E-state index in [1.807, 2.05) is 0 Å². The van der Waals surface area contributed by atoms with Crippen LogP contribution < -0.4 is 0 Å². The maximum Gasteiger partial charge on any atom is 0.0579 e. The number of hydrogen-bond acceptors (Lipinski definition) is 1. The molecule has 1 nitrogen and oxygen atoms in total. The predicted molar refractivity (Wildman–Crippen MR) is 51.8 cm³/mol. The zero-order chi connectivity index (χ0) is 9.52. The molecule has 68 valence electrons. The van der Waals surface area contributed by atoms with E-state index in [9.17, 15) is 0 Å². The largest absolute Gasteiger partial charge is 0.295 e. The Morgan fingerprint density at radius 3 is 1.77 bits per heavy atom. The van der Waals surface area contributed by atoms with Gasteiger partial charge in [-0.15, -0.1) is 0 Å². The molecule has 2 aliphatic rings. The van der Waals surface area contributed by atoms with Gasteiger partial charge in [0.25, 0.3) is 0 Å². The maximum atomic E-state index is 6.47. The van der Waals surface area contributed by atoms with Gasteiger partial charge in [-0.05, 0) is 0 Å². The molecule has 0 saturated heterocycles. The number of allylic oxidation sites excluding steroid dienone is 8. The topological polar surface area (TPSA) is 20.2 Å². The van der Waals surface area contributed by atoms with Crippen molar-refractivity contribution in [1.82, 2.24) is 0 Å². The van der Waals surface area contributed by atoms with Crippen molar-refractivity contribution in [3.63, 3.8) is 0 Å². The molecule has 2 aliphatic carbocycles. The summed E-state index contributed by atoms with van der Waals surface area (Å²) >= 11 is 3.33. The van der Waals surface area contributed by atoms with Gasteiger partial charge >= 0.3 is 79.1 Å². The third kappa shape index (κ3) is 3.76. The second-order valence-electron chi connectivity index (χ2n) is 2.77. The van der Waals surface area contributed by atoms with Crippen molar-refractivity contribution in [2.24, 2.45) is 0 Å². The van der Waals surface area contributed by atoms with Crippen LogP contribution >= 0.6 is 11.9 Å². The molecular weight excluding hydrogens is 263 g/mol. The van der Waals surface area contributed by atoms with E-state index in [0.29, 0.717) is 0 Å². The number of halogens is 1.